The van der Waals surface area contributed by atoms with Crippen molar-refractivity contribution in [3.8, 4) is 0 Å². The molecule has 0 fully saturated rings. The summed E-state index contributed by atoms with van der Waals surface area (Å²) in [5, 5.41) is 0. The zero-order valence-electron chi connectivity index (χ0n) is 10.5. The lowest BCUT2D eigenvalue weighted by atomic mass is 10.1. The van der Waals surface area contributed by atoms with Crippen LogP contribution in [0.5, 0.6) is 0 Å². The average molecular weight is 295 g/mol. The maximum Gasteiger partial charge on any atom is 0.137 e. The van der Waals surface area contributed by atoms with Crippen LogP contribution in [0.25, 0.3) is 5.65 Å². The molecular weight excluding hydrogens is 276 g/mol. The molecule has 2 nitrogen and oxygen atoms in total. The van der Waals surface area contributed by atoms with Gasteiger partial charge in [0, 0.05) is 16.4 Å². The molecule has 0 amide bonds. The Kier molecular flexibility index (Phi) is 4.21. The number of fused-ring (bicyclic) bond motifs is 1. The van der Waals surface area contributed by atoms with Gasteiger partial charge in [-0.15, -0.1) is 0 Å². The van der Waals surface area contributed by atoms with E-state index < -0.39 is 0 Å². The molecule has 0 saturated heterocycles. The van der Waals surface area contributed by atoms with Gasteiger partial charge < -0.3 is 4.40 Å². The molecule has 0 aromatic carbocycles. The highest BCUT2D eigenvalue weighted by atomic mass is 79.9. The number of rotatable bonds is 5. The van der Waals surface area contributed by atoms with E-state index in [0.717, 1.165) is 16.5 Å². The second kappa shape index (κ2) is 5.67. The van der Waals surface area contributed by atoms with Crippen molar-refractivity contribution in [2.75, 3.05) is 0 Å². The number of aryl methyl sites for hydroxylation is 2. The third-order valence-corrected chi connectivity index (χ3v) is 3.99. The first kappa shape index (κ1) is 12.6. The van der Waals surface area contributed by atoms with Crippen LogP contribution in [0.15, 0.2) is 22.8 Å². The molecule has 3 heteroatoms. The second-order valence-electron chi connectivity index (χ2n) is 4.54. The summed E-state index contributed by atoms with van der Waals surface area (Å²) >= 11 is 3.55. The van der Waals surface area contributed by atoms with Gasteiger partial charge in [-0.05, 0) is 47.8 Å². The van der Waals surface area contributed by atoms with Crippen molar-refractivity contribution in [2.45, 2.75) is 46.0 Å². The van der Waals surface area contributed by atoms with Crippen molar-refractivity contribution in [1.82, 2.24) is 9.38 Å². The van der Waals surface area contributed by atoms with Gasteiger partial charge in [-0.25, -0.2) is 4.98 Å². The molecule has 2 aromatic rings. The summed E-state index contributed by atoms with van der Waals surface area (Å²) in [6, 6.07) is 4.13. The van der Waals surface area contributed by atoms with Crippen LogP contribution in [0.2, 0.25) is 0 Å². The van der Waals surface area contributed by atoms with E-state index in [2.05, 4.69) is 57.5 Å². The molecule has 0 spiro atoms. The number of hydrogen-bond donors (Lipinski definition) is 0. The lowest BCUT2D eigenvalue weighted by molar-refractivity contribution is 0.662. The van der Waals surface area contributed by atoms with Gasteiger partial charge in [0.25, 0.3) is 0 Å². The summed E-state index contributed by atoms with van der Waals surface area (Å²) in [6.45, 7) is 4.35. The van der Waals surface area contributed by atoms with Gasteiger partial charge in [-0.2, -0.15) is 0 Å². The zero-order chi connectivity index (χ0) is 12.3. The molecule has 17 heavy (non-hydrogen) atoms. The summed E-state index contributed by atoms with van der Waals surface area (Å²) in [7, 11) is 0. The van der Waals surface area contributed by atoms with Gasteiger partial charge in [0.2, 0.25) is 0 Å². The Balaban J connectivity index is 2.12. The van der Waals surface area contributed by atoms with Crippen LogP contribution < -0.4 is 0 Å². The van der Waals surface area contributed by atoms with Gasteiger partial charge in [0.1, 0.15) is 5.65 Å². The van der Waals surface area contributed by atoms with Crippen molar-refractivity contribution in [3.63, 3.8) is 0 Å². The molecular formula is C14H19BrN2. The third kappa shape index (κ3) is 2.89. The summed E-state index contributed by atoms with van der Waals surface area (Å²) in [4.78, 5) is 4.65. The molecule has 0 bridgehead atoms. The number of unbranched alkanes of at least 4 members (excludes halogenated alkanes) is 3. The topological polar surface area (TPSA) is 17.3 Å². The summed E-state index contributed by atoms with van der Waals surface area (Å²) in [5.41, 5.74) is 3.48. The predicted octanol–water partition coefficient (Wildman–Crippen LogP) is 4.53. The van der Waals surface area contributed by atoms with E-state index in [9.17, 15) is 0 Å². The minimum Gasteiger partial charge on any atom is -0.303 e. The molecule has 0 atom stereocenters. The van der Waals surface area contributed by atoms with Crippen LogP contribution in [-0.4, -0.2) is 9.38 Å². The van der Waals surface area contributed by atoms with Gasteiger partial charge in [0.15, 0.2) is 0 Å². The Morgan fingerprint density at radius 1 is 1.24 bits per heavy atom. The van der Waals surface area contributed by atoms with Crippen LogP contribution in [0.4, 0.5) is 0 Å². The van der Waals surface area contributed by atoms with Crippen LogP contribution in [0.1, 0.15) is 44.0 Å². The van der Waals surface area contributed by atoms with E-state index >= 15 is 0 Å². The van der Waals surface area contributed by atoms with E-state index in [-0.39, 0.29) is 0 Å². The minimum absolute atomic E-state index is 1.05. The summed E-state index contributed by atoms with van der Waals surface area (Å²) < 4.78 is 3.30. The van der Waals surface area contributed by atoms with E-state index in [0.29, 0.717) is 0 Å². The van der Waals surface area contributed by atoms with E-state index in [1.807, 2.05) is 0 Å². The molecule has 0 aliphatic rings. The Morgan fingerprint density at radius 2 is 2.06 bits per heavy atom. The molecule has 2 heterocycles. The highest BCUT2D eigenvalue weighted by Crippen LogP contribution is 2.19. The van der Waals surface area contributed by atoms with Crippen molar-refractivity contribution < 1.29 is 0 Å². The normalized spacial score (nSPS) is 11.2. The fourth-order valence-corrected chi connectivity index (χ4v) is 2.39. The van der Waals surface area contributed by atoms with E-state index in [1.165, 1.54) is 37.1 Å². The van der Waals surface area contributed by atoms with E-state index in [4.69, 9.17) is 0 Å². The first-order chi connectivity index (χ1) is 8.22. The summed E-state index contributed by atoms with van der Waals surface area (Å²) in [5.74, 6) is 0. The molecule has 0 radical (unpaired) electrons. The fourth-order valence-electron chi connectivity index (χ4n) is 2.07. The van der Waals surface area contributed by atoms with Crippen LogP contribution in [0.3, 0.4) is 0 Å². The highest BCUT2D eigenvalue weighted by molar-refractivity contribution is 9.10. The number of halogens is 1. The Bertz CT molecular complexity index is 502. The van der Waals surface area contributed by atoms with Crippen LogP contribution >= 0.6 is 15.9 Å². The highest BCUT2D eigenvalue weighted by Gasteiger charge is 2.05. The number of pyridine rings is 1. The van der Waals surface area contributed by atoms with Crippen LogP contribution in [0, 0.1) is 6.92 Å². The Labute approximate surface area is 111 Å². The fraction of sp³-hybridized carbons (Fsp3) is 0.500. The molecule has 0 N–H and O–H groups in total. The number of aromatic nitrogens is 2. The Morgan fingerprint density at radius 3 is 2.82 bits per heavy atom. The second-order valence-corrected chi connectivity index (χ2v) is 5.39. The molecule has 0 aliphatic carbocycles. The Hall–Kier alpha value is -0.830. The first-order valence-corrected chi connectivity index (χ1v) is 7.14. The van der Waals surface area contributed by atoms with Gasteiger partial charge >= 0.3 is 0 Å². The van der Waals surface area contributed by atoms with Gasteiger partial charge in [-0.1, -0.05) is 26.2 Å². The first-order valence-electron chi connectivity index (χ1n) is 6.35. The van der Waals surface area contributed by atoms with Gasteiger partial charge in [0.05, 0.1) is 5.69 Å². The largest absolute Gasteiger partial charge is 0.303 e. The summed E-state index contributed by atoms with van der Waals surface area (Å²) in [6.07, 6.45) is 8.44. The van der Waals surface area contributed by atoms with Gasteiger partial charge in [-0.3, -0.25) is 0 Å². The predicted molar refractivity (Wildman–Crippen MR) is 75.5 cm³/mol. The molecule has 92 valence electrons. The standard InChI is InChI=1S/C14H19BrN2/c1-3-4-5-6-7-12-10-17-11(2)13(15)8-9-14(17)16-12/h8-10H,3-7H2,1-2H3. The maximum absolute atomic E-state index is 4.65. The monoisotopic (exact) mass is 294 g/mol. The SMILES string of the molecule is CCCCCCc1cn2c(C)c(Br)ccc2n1. The third-order valence-electron chi connectivity index (χ3n) is 3.16. The van der Waals surface area contributed by atoms with Crippen molar-refractivity contribution in [3.05, 3.63) is 34.2 Å². The quantitative estimate of drug-likeness (QED) is 0.741. The lowest BCUT2D eigenvalue weighted by Crippen LogP contribution is -1.89. The number of nitrogens with zero attached hydrogens (tertiary/aromatic N) is 2. The van der Waals surface area contributed by atoms with E-state index in [1.54, 1.807) is 0 Å². The van der Waals surface area contributed by atoms with Crippen molar-refractivity contribution in [2.24, 2.45) is 0 Å². The van der Waals surface area contributed by atoms with Crippen molar-refractivity contribution in [1.29, 1.82) is 0 Å². The number of hydrogen-bond acceptors (Lipinski definition) is 1. The molecule has 0 unspecified atom stereocenters. The smallest absolute Gasteiger partial charge is 0.137 e. The molecule has 2 aromatic heterocycles. The number of imidazole rings is 1. The molecule has 0 saturated carbocycles. The molecule has 0 aliphatic heterocycles. The molecule has 2 rings (SSSR count). The van der Waals surface area contributed by atoms with Crippen molar-refractivity contribution >= 4 is 21.6 Å². The minimum atomic E-state index is 1.05. The lowest BCUT2D eigenvalue weighted by Gasteiger charge is -2.00. The maximum atomic E-state index is 4.65. The zero-order valence-corrected chi connectivity index (χ0v) is 12.1. The van der Waals surface area contributed by atoms with Crippen LogP contribution in [-0.2, 0) is 6.42 Å². The average Bonchev–Trinajstić information content (AvgIpc) is 2.74.